The van der Waals surface area contributed by atoms with Crippen molar-refractivity contribution in [2.75, 3.05) is 13.7 Å². The number of aryl methyl sites for hydroxylation is 2. The van der Waals surface area contributed by atoms with Crippen molar-refractivity contribution in [3.63, 3.8) is 0 Å². The molecular formula is C15H19N5O3. The molecular weight excluding hydrogens is 298 g/mol. The number of tetrazole rings is 1. The molecule has 8 heteroatoms. The number of hydrogen-bond donors (Lipinski definition) is 1. The smallest absolute Gasteiger partial charge is 0.222 e. The fourth-order valence-corrected chi connectivity index (χ4v) is 2.61. The Kier molecular flexibility index (Phi) is 4.40. The van der Waals surface area contributed by atoms with Gasteiger partial charge in [0.1, 0.15) is 12.4 Å². The average Bonchev–Trinajstić information content (AvgIpc) is 2.97. The van der Waals surface area contributed by atoms with E-state index in [1.165, 1.54) is 0 Å². The lowest BCUT2D eigenvalue weighted by Gasteiger charge is -2.27. The Hall–Kier alpha value is -2.64. The zero-order valence-electron chi connectivity index (χ0n) is 13.2. The van der Waals surface area contributed by atoms with E-state index in [9.17, 15) is 4.79 Å². The highest BCUT2D eigenvalue weighted by Crippen LogP contribution is 2.34. The number of aromatic nitrogens is 4. The number of para-hydroxylation sites is 1. The van der Waals surface area contributed by atoms with Crippen molar-refractivity contribution in [1.29, 1.82) is 0 Å². The molecule has 1 atom stereocenters. The van der Waals surface area contributed by atoms with Gasteiger partial charge in [0, 0.05) is 12.0 Å². The number of nitrogens with one attached hydrogen (secondary N) is 1. The molecule has 0 radical (unpaired) electrons. The third-order valence-corrected chi connectivity index (χ3v) is 3.80. The minimum atomic E-state index is -0.0444. The molecule has 0 bridgehead atoms. The van der Waals surface area contributed by atoms with Crippen molar-refractivity contribution in [2.45, 2.75) is 32.4 Å². The number of ether oxygens (including phenoxy) is 2. The van der Waals surface area contributed by atoms with Gasteiger partial charge < -0.3 is 14.8 Å². The first-order valence-corrected chi connectivity index (χ1v) is 7.48. The molecule has 1 N–H and O–H groups in total. The van der Waals surface area contributed by atoms with Gasteiger partial charge >= 0.3 is 0 Å². The maximum absolute atomic E-state index is 12.1. The van der Waals surface area contributed by atoms with E-state index < -0.39 is 0 Å². The molecule has 1 aliphatic rings. The maximum atomic E-state index is 12.1. The zero-order valence-corrected chi connectivity index (χ0v) is 13.2. The van der Waals surface area contributed by atoms with E-state index in [4.69, 9.17) is 9.47 Å². The summed E-state index contributed by atoms with van der Waals surface area (Å²) in [6, 6.07) is 5.73. The van der Waals surface area contributed by atoms with Crippen LogP contribution in [0.4, 0.5) is 0 Å². The molecule has 0 saturated heterocycles. The molecule has 8 nitrogen and oxygen atoms in total. The van der Waals surface area contributed by atoms with Gasteiger partial charge in [-0.2, -0.15) is 0 Å². The van der Waals surface area contributed by atoms with E-state index in [1.807, 2.05) is 18.2 Å². The summed E-state index contributed by atoms with van der Waals surface area (Å²) in [6.45, 7) is 2.70. The van der Waals surface area contributed by atoms with Crippen molar-refractivity contribution < 1.29 is 14.3 Å². The molecule has 1 aliphatic heterocycles. The van der Waals surface area contributed by atoms with Crippen LogP contribution in [0.1, 0.15) is 17.8 Å². The van der Waals surface area contributed by atoms with Crippen LogP contribution >= 0.6 is 0 Å². The molecule has 0 fully saturated rings. The summed E-state index contributed by atoms with van der Waals surface area (Å²) in [5.41, 5.74) is 1.04. The lowest BCUT2D eigenvalue weighted by Crippen LogP contribution is -2.43. The van der Waals surface area contributed by atoms with Crippen LogP contribution in [0, 0.1) is 6.92 Å². The zero-order chi connectivity index (χ0) is 16.2. The van der Waals surface area contributed by atoms with Crippen LogP contribution in [-0.4, -0.2) is 45.9 Å². The molecule has 1 aromatic heterocycles. The number of hydrogen-bond acceptors (Lipinski definition) is 6. The van der Waals surface area contributed by atoms with E-state index >= 15 is 0 Å². The molecule has 2 heterocycles. The molecule has 0 aliphatic carbocycles. The number of nitrogens with zero attached hydrogens (tertiary/aromatic N) is 4. The monoisotopic (exact) mass is 317 g/mol. The predicted octanol–water partition coefficient (Wildman–Crippen LogP) is 0.500. The quantitative estimate of drug-likeness (QED) is 0.863. The van der Waals surface area contributed by atoms with Crippen molar-refractivity contribution in [3.05, 3.63) is 29.6 Å². The molecule has 0 spiro atoms. The standard InChI is InChI=1S/C15H19N5O3/c1-10-17-18-19-20(10)7-6-14(21)16-12-8-11-4-3-5-13(22-2)15(11)23-9-12/h3-5,12H,6-9H2,1-2H3,(H,16,21). The minimum absolute atomic E-state index is 0.0418. The highest BCUT2D eigenvalue weighted by atomic mass is 16.5. The van der Waals surface area contributed by atoms with Crippen molar-refractivity contribution in [2.24, 2.45) is 0 Å². The van der Waals surface area contributed by atoms with Crippen LogP contribution in [0.25, 0.3) is 0 Å². The van der Waals surface area contributed by atoms with Crippen molar-refractivity contribution in [1.82, 2.24) is 25.5 Å². The lowest BCUT2D eigenvalue weighted by atomic mass is 10.0. The number of carbonyl (C=O) groups is 1. The lowest BCUT2D eigenvalue weighted by molar-refractivity contribution is -0.122. The number of fused-ring (bicyclic) bond motifs is 1. The van der Waals surface area contributed by atoms with E-state index in [2.05, 4.69) is 20.8 Å². The first-order valence-electron chi connectivity index (χ1n) is 7.48. The van der Waals surface area contributed by atoms with Gasteiger partial charge in [0.05, 0.1) is 19.7 Å². The molecule has 122 valence electrons. The molecule has 3 rings (SSSR count). The van der Waals surface area contributed by atoms with Crippen LogP contribution in [-0.2, 0) is 17.8 Å². The number of amides is 1. The van der Waals surface area contributed by atoms with Crippen molar-refractivity contribution >= 4 is 5.91 Å². The summed E-state index contributed by atoms with van der Waals surface area (Å²) >= 11 is 0. The second-order valence-electron chi connectivity index (χ2n) is 5.43. The Morgan fingerprint density at radius 1 is 1.52 bits per heavy atom. The molecule has 23 heavy (non-hydrogen) atoms. The van der Waals surface area contributed by atoms with Gasteiger partial charge in [-0.15, -0.1) is 5.10 Å². The number of benzene rings is 1. The number of rotatable bonds is 5. The highest BCUT2D eigenvalue weighted by Gasteiger charge is 2.23. The molecule has 0 saturated carbocycles. The Bertz CT molecular complexity index is 700. The van der Waals surface area contributed by atoms with Gasteiger partial charge in [0.2, 0.25) is 5.91 Å². The predicted molar refractivity (Wildman–Crippen MR) is 81.3 cm³/mol. The third-order valence-electron chi connectivity index (χ3n) is 3.80. The summed E-state index contributed by atoms with van der Waals surface area (Å²) in [4.78, 5) is 12.1. The number of carbonyl (C=O) groups excluding carboxylic acids is 1. The highest BCUT2D eigenvalue weighted by molar-refractivity contribution is 5.76. The Labute approximate surface area is 133 Å². The molecule has 1 amide bonds. The van der Waals surface area contributed by atoms with Crippen LogP contribution in [0.2, 0.25) is 0 Å². The van der Waals surface area contributed by atoms with Gasteiger partial charge in [-0.1, -0.05) is 12.1 Å². The van der Waals surface area contributed by atoms with E-state index in [1.54, 1.807) is 18.7 Å². The van der Waals surface area contributed by atoms with E-state index in [0.717, 1.165) is 23.5 Å². The first-order chi connectivity index (χ1) is 11.2. The van der Waals surface area contributed by atoms with E-state index in [-0.39, 0.29) is 11.9 Å². The molecule has 1 aromatic carbocycles. The van der Waals surface area contributed by atoms with Crippen LogP contribution < -0.4 is 14.8 Å². The normalized spacial score (nSPS) is 16.3. The van der Waals surface area contributed by atoms with Gasteiger partial charge in [-0.3, -0.25) is 4.79 Å². The summed E-state index contributed by atoms with van der Waals surface area (Å²) in [6.07, 6.45) is 1.05. The fraction of sp³-hybridized carbons (Fsp3) is 0.467. The minimum Gasteiger partial charge on any atom is -0.493 e. The summed E-state index contributed by atoms with van der Waals surface area (Å²) in [5.74, 6) is 2.14. The third kappa shape index (κ3) is 3.41. The fourth-order valence-electron chi connectivity index (χ4n) is 2.61. The van der Waals surface area contributed by atoms with E-state index in [0.29, 0.717) is 25.4 Å². The second kappa shape index (κ2) is 6.64. The first kappa shape index (κ1) is 15.3. The Morgan fingerprint density at radius 3 is 3.13 bits per heavy atom. The van der Waals surface area contributed by atoms with Crippen LogP contribution in [0.15, 0.2) is 18.2 Å². The second-order valence-corrected chi connectivity index (χ2v) is 5.43. The maximum Gasteiger partial charge on any atom is 0.222 e. The number of methoxy groups -OCH3 is 1. The average molecular weight is 317 g/mol. The summed E-state index contributed by atoms with van der Waals surface area (Å²) in [7, 11) is 1.62. The van der Waals surface area contributed by atoms with Crippen LogP contribution in [0.5, 0.6) is 11.5 Å². The van der Waals surface area contributed by atoms with Gasteiger partial charge in [-0.05, 0) is 29.8 Å². The molecule has 2 aromatic rings. The van der Waals surface area contributed by atoms with Gasteiger partial charge in [-0.25, -0.2) is 4.68 Å². The van der Waals surface area contributed by atoms with Gasteiger partial charge in [0.15, 0.2) is 11.5 Å². The summed E-state index contributed by atoms with van der Waals surface area (Å²) < 4.78 is 12.6. The Balaban J connectivity index is 1.55. The Morgan fingerprint density at radius 2 is 2.39 bits per heavy atom. The van der Waals surface area contributed by atoms with Crippen LogP contribution in [0.3, 0.4) is 0 Å². The van der Waals surface area contributed by atoms with Gasteiger partial charge in [0.25, 0.3) is 0 Å². The summed E-state index contributed by atoms with van der Waals surface area (Å²) in [5, 5.41) is 14.2. The topological polar surface area (TPSA) is 91.2 Å². The largest absolute Gasteiger partial charge is 0.493 e. The molecule has 1 unspecified atom stereocenters. The SMILES string of the molecule is COc1cccc2c1OCC(NC(=O)CCn1nnnc1C)C2. The van der Waals surface area contributed by atoms with Crippen molar-refractivity contribution in [3.8, 4) is 11.5 Å².